The van der Waals surface area contributed by atoms with Crippen LogP contribution in [-0.2, 0) is 4.74 Å². The first-order valence-corrected chi connectivity index (χ1v) is 4.52. The standard InChI is InChI=1S/C9H20N2O/c1-5-7-11(4)9(3)10-8-12-6-2/h5-8H2,1-4H3/b10-9-. The summed E-state index contributed by atoms with van der Waals surface area (Å²) in [7, 11) is 2.05. The van der Waals surface area contributed by atoms with Crippen LogP contribution in [0.15, 0.2) is 4.99 Å². The summed E-state index contributed by atoms with van der Waals surface area (Å²) < 4.78 is 5.12. The van der Waals surface area contributed by atoms with Crippen molar-refractivity contribution >= 4 is 5.84 Å². The molecule has 0 saturated heterocycles. The lowest BCUT2D eigenvalue weighted by atomic mass is 10.4. The maximum absolute atomic E-state index is 5.12. The van der Waals surface area contributed by atoms with E-state index in [0.717, 1.165) is 25.4 Å². The summed E-state index contributed by atoms with van der Waals surface area (Å²) in [5.41, 5.74) is 0. The minimum absolute atomic E-state index is 0.483. The normalized spacial score (nSPS) is 11.8. The van der Waals surface area contributed by atoms with Gasteiger partial charge in [0.1, 0.15) is 6.73 Å². The third-order valence-corrected chi connectivity index (χ3v) is 1.70. The van der Waals surface area contributed by atoms with Crippen molar-refractivity contribution in [3.8, 4) is 0 Å². The first-order chi connectivity index (χ1) is 5.72. The number of ether oxygens (including phenoxy) is 1. The van der Waals surface area contributed by atoms with Gasteiger partial charge in [0.05, 0.1) is 5.84 Å². The average Bonchev–Trinajstić information content (AvgIpc) is 2.05. The molecular formula is C9H20N2O. The number of nitrogens with zero attached hydrogens (tertiary/aromatic N) is 2. The van der Waals surface area contributed by atoms with Gasteiger partial charge in [0.25, 0.3) is 0 Å². The molecule has 0 spiro atoms. The zero-order valence-corrected chi connectivity index (χ0v) is 8.63. The number of rotatable bonds is 5. The van der Waals surface area contributed by atoms with Gasteiger partial charge in [0, 0.05) is 20.2 Å². The maximum Gasteiger partial charge on any atom is 0.139 e. The fourth-order valence-corrected chi connectivity index (χ4v) is 0.848. The van der Waals surface area contributed by atoms with Crippen molar-refractivity contribution in [1.29, 1.82) is 0 Å². The molecule has 0 rings (SSSR count). The second-order valence-corrected chi connectivity index (χ2v) is 2.75. The van der Waals surface area contributed by atoms with Gasteiger partial charge in [-0.05, 0) is 20.3 Å². The summed E-state index contributed by atoms with van der Waals surface area (Å²) in [5, 5.41) is 0. The summed E-state index contributed by atoms with van der Waals surface area (Å²) in [5.74, 6) is 1.05. The van der Waals surface area contributed by atoms with Crippen molar-refractivity contribution in [3.05, 3.63) is 0 Å². The first kappa shape index (κ1) is 11.4. The molecule has 0 saturated carbocycles. The third-order valence-electron chi connectivity index (χ3n) is 1.70. The number of hydrogen-bond acceptors (Lipinski definition) is 2. The number of aliphatic imine (C=N–C) groups is 1. The Morgan fingerprint density at radius 2 is 2.08 bits per heavy atom. The van der Waals surface area contributed by atoms with E-state index in [0.29, 0.717) is 6.73 Å². The van der Waals surface area contributed by atoms with Crippen LogP contribution in [0, 0.1) is 0 Å². The summed E-state index contributed by atoms with van der Waals surface area (Å²) >= 11 is 0. The second kappa shape index (κ2) is 7.10. The lowest BCUT2D eigenvalue weighted by Crippen LogP contribution is -2.25. The predicted octanol–water partition coefficient (Wildman–Crippen LogP) is 1.74. The summed E-state index contributed by atoms with van der Waals surface area (Å²) in [6, 6.07) is 0. The molecule has 0 aromatic carbocycles. The zero-order chi connectivity index (χ0) is 9.40. The summed E-state index contributed by atoms with van der Waals surface area (Å²) in [4.78, 5) is 6.39. The molecule has 0 N–H and O–H groups in total. The molecule has 0 fully saturated rings. The van der Waals surface area contributed by atoms with Gasteiger partial charge in [0.2, 0.25) is 0 Å². The van der Waals surface area contributed by atoms with Crippen LogP contribution in [0.2, 0.25) is 0 Å². The van der Waals surface area contributed by atoms with Gasteiger partial charge >= 0.3 is 0 Å². The number of amidine groups is 1. The van der Waals surface area contributed by atoms with Crippen molar-refractivity contribution in [2.75, 3.05) is 26.9 Å². The Morgan fingerprint density at radius 3 is 2.58 bits per heavy atom. The molecule has 3 heteroatoms. The van der Waals surface area contributed by atoms with Crippen LogP contribution in [0.25, 0.3) is 0 Å². The summed E-state index contributed by atoms with van der Waals surface area (Å²) in [6.45, 7) is 8.41. The largest absolute Gasteiger partial charge is 0.364 e. The molecule has 0 aliphatic carbocycles. The molecule has 0 radical (unpaired) electrons. The molecule has 3 nitrogen and oxygen atoms in total. The van der Waals surface area contributed by atoms with Crippen LogP contribution < -0.4 is 0 Å². The molecule has 72 valence electrons. The van der Waals surface area contributed by atoms with Gasteiger partial charge in [-0.3, -0.25) is 0 Å². The van der Waals surface area contributed by atoms with Gasteiger partial charge in [-0.25, -0.2) is 4.99 Å². The van der Waals surface area contributed by atoms with E-state index in [-0.39, 0.29) is 0 Å². The van der Waals surface area contributed by atoms with E-state index in [1.807, 2.05) is 20.9 Å². The SMILES string of the molecule is CCCN(C)/C(C)=N\COCC. The van der Waals surface area contributed by atoms with Crippen LogP contribution in [0.4, 0.5) is 0 Å². The van der Waals surface area contributed by atoms with Crippen molar-refractivity contribution in [2.45, 2.75) is 27.2 Å². The highest BCUT2D eigenvalue weighted by Gasteiger charge is 1.96. The van der Waals surface area contributed by atoms with E-state index in [1.165, 1.54) is 0 Å². The van der Waals surface area contributed by atoms with Crippen LogP contribution in [0.5, 0.6) is 0 Å². The predicted molar refractivity (Wildman–Crippen MR) is 52.5 cm³/mol. The van der Waals surface area contributed by atoms with E-state index in [2.05, 4.69) is 16.8 Å². The van der Waals surface area contributed by atoms with Crippen LogP contribution in [0.3, 0.4) is 0 Å². The molecule has 0 aromatic rings. The average molecular weight is 172 g/mol. The Morgan fingerprint density at radius 1 is 1.42 bits per heavy atom. The third kappa shape index (κ3) is 5.13. The monoisotopic (exact) mass is 172 g/mol. The Hall–Kier alpha value is -0.570. The molecule has 0 unspecified atom stereocenters. The highest BCUT2D eigenvalue weighted by atomic mass is 16.5. The molecule has 0 aliphatic rings. The van der Waals surface area contributed by atoms with E-state index >= 15 is 0 Å². The lowest BCUT2D eigenvalue weighted by Gasteiger charge is -2.17. The highest BCUT2D eigenvalue weighted by molar-refractivity contribution is 5.79. The van der Waals surface area contributed by atoms with E-state index in [4.69, 9.17) is 4.74 Å². The van der Waals surface area contributed by atoms with Crippen LogP contribution in [-0.4, -0.2) is 37.7 Å². The smallest absolute Gasteiger partial charge is 0.139 e. The Labute approximate surface area is 75.4 Å². The molecule has 0 aromatic heterocycles. The van der Waals surface area contributed by atoms with Gasteiger partial charge in [-0.2, -0.15) is 0 Å². The van der Waals surface area contributed by atoms with E-state index in [1.54, 1.807) is 0 Å². The zero-order valence-electron chi connectivity index (χ0n) is 8.63. The quantitative estimate of drug-likeness (QED) is 0.358. The molecule has 0 bridgehead atoms. The molecule has 12 heavy (non-hydrogen) atoms. The molecule has 0 heterocycles. The Bertz CT molecular complexity index is 134. The first-order valence-electron chi connectivity index (χ1n) is 4.52. The molecule has 0 atom stereocenters. The number of hydrogen-bond donors (Lipinski definition) is 0. The Kier molecular flexibility index (Phi) is 6.76. The van der Waals surface area contributed by atoms with Crippen LogP contribution >= 0.6 is 0 Å². The van der Waals surface area contributed by atoms with Gasteiger partial charge in [0.15, 0.2) is 0 Å². The van der Waals surface area contributed by atoms with Crippen molar-refractivity contribution < 1.29 is 4.74 Å². The highest BCUT2D eigenvalue weighted by Crippen LogP contribution is 1.90. The van der Waals surface area contributed by atoms with Gasteiger partial charge in [-0.1, -0.05) is 6.92 Å². The fourth-order valence-electron chi connectivity index (χ4n) is 0.848. The molecule has 0 amide bonds. The van der Waals surface area contributed by atoms with Crippen molar-refractivity contribution in [3.63, 3.8) is 0 Å². The van der Waals surface area contributed by atoms with Crippen molar-refractivity contribution in [1.82, 2.24) is 4.90 Å². The topological polar surface area (TPSA) is 24.8 Å². The minimum Gasteiger partial charge on any atom is -0.364 e. The minimum atomic E-state index is 0.483. The molecule has 0 aliphatic heterocycles. The summed E-state index contributed by atoms with van der Waals surface area (Å²) in [6.07, 6.45) is 1.15. The van der Waals surface area contributed by atoms with Gasteiger partial charge < -0.3 is 9.64 Å². The van der Waals surface area contributed by atoms with Crippen LogP contribution in [0.1, 0.15) is 27.2 Å². The van der Waals surface area contributed by atoms with E-state index < -0.39 is 0 Å². The van der Waals surface area contributed by atoms with E-state index in [9.17, 15) is 0 Å². The fraction of sp³-hybridized carbons (Fsp3) is 0.889. The second-order valence-electron chi connectivity index (χ2n) is 2.75. The lowest BCUT2D eigenvalue weighted by molar-refractivity contribution is 0.155. The van der Waals surface area contributed by atoms with Gasteiger partial charge in [-0.15, -0.1) is 0 Å². The maximum atomic E-state index is 5.12. The Balaban J connectivity index is 3.65. The molecular weight excluding hydrogens is 152 g/mol. The van der Waals surface area contributed by atoms with Crippen molar-refractivity contribution in [2.24, 2.45) is 4.99 Å².